The van der Waals surface area contributed by atoms with E-state index in [0.717, 1.165) is 19.3 Å². The molecule has 1 amide bonds. The number of esters is 1. The van der Waals surface area contributed by atoms with Gasteiger partial charge in [0, 0.05) is 13.6 Å². The Morgan fingerprint density at radius 1 is 1.50 bits per heavy atom. The minimum absolute atomic E-state index is 0.185. The van der Waals surface area contributed by atoms with E-state index in [4.69, 9.17) is 4.74 Å². The predicted molar refractivity (Wildman–Crippen MR) is 53.7 cm³/mol. The normalized spacial score (nSPS) is 11.9. The first kappa shape index (κ1) is 12.9. The Labute approximate surface area is 85.2 Å². The second kappa shape index (κ2) is 7.35. The van der Waals surface area contributed by atoms with Crippen molar-refractivity contribution in [2.45, 2.75) is 26.7 Å². The smallest absolute Gasteiger partial charge is 0.310 e. The maximum Gasteiger partial charge on any atom is 0.310 e. The number of nitrogens with zero attached hydrogens (tertiary/aromatic N) is 1. The molecule has 0 saturated heterocycles. The van der Waals surface area contributed by atoms with Gasteiger partial charge in [-0.05, 0) is 13.3 Å². The molecule has 0 aliphatic rings. The fraction of sp³-hybridized carbons (Fsp3) is 0.800. The Morgan fingerprint density at radius 3 is 2.57 bits per heavy atom. The van der Waals surface area contributed by atoms with Crippen LogP contribution in [0.25, 0.3) is 0 Å². The van der Waals surface area contributed by atoms with Gasteiger partial charge in [-0.2, -0.15) is 0 Å². The van der Waals surface area contributed by atoms with Crippen LogP contribution in [0.1, 0.15) is 26.7 Å². The summed E-state index contributed by atoms with van der Waals surface area (Å²) in [7, 11) is 1.66. The number of amides is 1. The van der Waals surface area contributed by atoms with Gasteiger partial charge < -0.3 is 9.64 Å². The third-order valence-electron chi connectivity index (χ3n) is 1.95. The quantitative estimate of drug-likeness (QED) is 0.457. The van der Waals surface area contributed by atoms with E-state index < -0.39 is 0 Å². The molecule has 0 heterocycles. The highest BCUT2D eigenvalue weighted by atomic mass is 16.5. The van der Waals surface area contributed by atoms with Crippen molar-refractivity contribution in [1.82, 2.24) is 4.90 Å². The van der Waals surface area contributed by atoms with E-state index in [-0.39, 0.29) is 11.9 Å². The second-order valence-corrected chi connectivity index (χ2v) is 3.28. The molecule has 0 rings (SSSR count). The second-order valence-electron chi connectivity index (χ2n) is 3.28. The molecule has 1 unspecified atom stereocenters. The zero-order valence-corrected chi connectivity index (χ0v) is 9.16. The fourth-order valence-electron chi connectivity index (χ4n) is 1.28. The van der Waals surface area contributed by atoms with Crippen LogP contribution in [0, 0.1) is 5.92 Å². The van der Waals surface area contributed by atoms with Gasteiger partial charge in [0.2, 0.25) is 6.41 Å². The molecule has 0 bridgehead atoms. The SMILES string of the molecule is CCCC(CN(C)C=O)C(=O)OCC. The molecule has 0 spiro atoms. The molecule has 0 aromatic carbocycles. The molecule has 0 aliphatic carbocycles. The van der Waals surface area contributed by atoms with Gasteiger partial charge in [-0.3, -0.25) is 9.59 Å². The molecule has 1 atom stereocenters. The van der Waals surface area contributed by atoms with Crippen LogP contribution in [0.4, 0.5) is 0 Å². The molecule has 0 saturated carbocycles. The monoisotopic (exact) mass is 201 g/mol. The molecule has 82 valence electrons. The van der Waals surface area contributed by atoms with E-state index in [1.54, 1.807) is 14.0 Å². The molecule has 14 heavy (non-hydrogen) atoms. The summed E-state index contributed by atoms with van der Waals surface area (Å²) >= 11 is 0. The molecule has 0 aromatic heterocycles. The summed E-state index contributed by atoms with van der Waals surface area (Å²) in [5, 5.41) is 0. The molecule has 0 fully saturated rings. The molecule has 0 aromatic rings. The number of rotatable bonds is 7. The molecule has 4 heteroatoms. The van der Waals surface area contributed by atoms with Crippen LogP contribution < -0.4 is 0 Å². The van der Waals surface area contributed by atoms with E-state index >= 15 is 0 Å². The maximum absolute atomic E-state index is 11.4. The third kappa shape index (κ3) is 4.84. The number of hydrogen-bond donors (Lipinski definition) is 0. The highest BCUT2D eigenvalue weighted by Gasteiger charge is 2.19. The van der Waals surface area contributed by atoms with Crippen molar-refractivity contribution in [2.75, 3.05) is 20.2 Å². The summed E-state index contributed by atoms with van der Waals surface area (Å²) in [5.74, 6) is -0.391. The Kier molecular flexibility index (Phi) is 6.80. The maximum atomic E-state index is 11.4. The lowest BCUT2D eigenvalue weighted by Crippen LogP contribution is -2.30. The van der Waals surface area contributed by atoms with Crippen LogP contribution in [0.3, 0.4) is 0 Å². The van der Waals surface area contributed by atoms with Crippen molar-refractivity contribution in [3.63, 3.8) is 0 Å². The number of carbonyl (C=O) groups is 2. The van der Waals surface area contributed by atoms with Crippen LogP contribution in [0.2, 0.25) is 0 Å². The van der Waals surface area contributed by atoms with Gasteiger partial charge in [0.15, 0.2) is 0 Å². The highest BCUT2D eigenvalue weighted by Crippen LogP contribution is 2.09. The zero-order chi connectivity index (χ0) is 11.0. The Morgan fingerprint density at radius 2 is 2.14 bits per heavy atom. The first-order chi connectivity index (χ1) is 6.65. The summed E-state index contributed by atoms with van der Waals surface area (Å²) in [6.07, 6.45) is 2.40. The van der Waals surface area contributed by atoms with Gasteiger partial charge in [-0.25, -0.2) is 0 Å². The van der Waals surface area contributed by atoms with Crippen LogP contribution in [-0.2, 0) is 14.3 Å². The van der Waals surface area contributed by atoms with Crippen molar-refractivity contribution in [3.05, 3.63) is 0 Å². The molecule has 0 radical (unpaired) electrons. The van der Waals surface area contributed by atoms with Crippen molar-refractivity contribution >= 4 is 12.4 Å². The van der Waals surface area contributed by atoms with Gasteiger partial charge in [-0.1, -0.05) is 13.3 Å². The molecule has 0 N–H and O–H groups in total. The summed E-state index contributed by atoms with van der Waals surface area (Å²) in [6.45, 7) is 4.62. The Hall–Kier alpha value is -1.06. The van der Waals surface area contributed by atoms with Crippen LogP contribution in [-0.4, -0.2) is 37.5 Å². The standard InChI is InChI=1S/C10H19NO3/c1-4-6-9(7-11(3)8-12)10(13)14-5-2/h8-9H,4-7H2,1-3H3. The lowest BCUT2D eigenvalue weighted by atomic mass is 10.0. The Balaban J connectivity index is 4.12. The van der Waals surface area contributed by atoms with Crippen molar-refractivity contribution in [3.8, 4) is 0 Å². The Bertz CT molecular complexity index is 182. The first-order valence-electron chi connectivity index (χ1n) is 4.97. The summed E-state index contributed by atoms with van der Waals surface area (Å²) in [6, 6.07) is 0. The predicted octanol–water partition coefficient (Wildman–Crippen LogP) is 1.05. The average molecular weight is 201 g/mol. The van der Waals surface area contributed by atoms with Crippen LogP contribution in [0.5, 0.6) is 0 Å². The molecular weight excluding hydrogens is 182 g/mol. The first-order valence-corrected chi connectivity index (χ1v) is 4.97. The summed E-state index contributed by atoms with van der Waals surface area (Å²) < 4.78 is 4.92. The minimum Gasteiger partial charge on any atom is -0.466 e. The number of hydrogen-bond acceptors (Lipinski definition) is 3. The van der Waals surface area contributed by atoms with Crippen LogP contribution in [0.15, 0.2) is 0 Å². The lowest BCUT2D eigenvalue weighted by Gasteiger charge is -2.18. The van der Waals surface area contributed by atoms with Gasteiger partial charge in [0.25, 0.3) is 0 Å². The molecule has 4 nitrogen and oxygen atoms in total. The fourth-order valence-corrected chi connectivity index (χ4v) is 1.28. The largest absolute Gasteiger partial charge is 0.466 e. The minimum atomic E-state index is -0.206. The third-order valence-corrected chi connectivity index (χ3v) is 1.95. The van der Waals surface area contributed by atoms with E-state index in [0.29, 0.717) is 13.2 Å². The van der Waals surface area contributed by atoms with E-state index in [9.17, 15) is 9.59 Å². The van der Waals surface area contributed by atoms with E-state index in [1.165, 1.54) is 4.90 Å². The molecule has 0 aliphatic heterocycles. The summed E-state index contributed by atoms with van der Waals surface area (Å²) in [5.41, 5.74) is 0. The summed E-state index contributed by atoms with van der Waals surface area (Å²) in [4.78, 5) is 23.3. The average Bonchev–Trinajstić information content (AvgIpc) is 2.17. The highest BCUT2D eigenvalue weighted by molar-refractivity contribution is 5.73. The van der Waals surface area contributed by atoms with E-state index in [1.807, 2.05) is 6.92 Å². The zero-order valence-electron chi connectivity index (χ0n) is 9.16. The van der Waals surface area contributed by atoms with Crippen molar-refractivity contribution < 1.29 is 14.3 Å². The van der Waals surface area contributed by atoms with Gasteiger partial charge in [0.1, 0.15) is 0 Å². The molecular formula is C10H19NO3. The van der Waals surface area contributed by atoms with E-state index in [2.05, 4.69) is 0 Å². The lowest BCUT2D eigenvalue weighted by molar-refractivity contribution is -0.149. The van der Waals surface area contributed by atoms with Crippen molar-refractivity contribution in [1.29, 1.82) is 0 Å². The van der Waals surface area contributed by atoms with Gasteiger partial charge in [0.05, 0.1) is 12.5 Å². The topological polar surface area (TPSA) is 46.6 Å². The van der Waals surface area contributed by atoms with Crippen LogP contribution >= 0.6 is 0 Å². The number of ether oxygens (including phenoxy) is 1. The van der Waals surface area contributed by atoms with Gasteiger partial charge >= 0.3 is 5.97 Å². The number of carbonyl (C=O) groups excluding carboxylic acids is 2. The van der Waals surface area contributed by atoms with Gasteiger partial charge in [-0.15, -0.1) is 0 Å². The van der Waals surface area contributed by atoms with Crippen molar-refractivity contribution in [2.24, 2.45) is 5.92 Å².